The van der Waals surface area contributed by atoms with E-state index in [4.69, 9.17) is 11.6 Å². The Kier molecular flexibility index (Phi) is 5.57. The maximum absolute atomic E-state index is 12.8. The molecule has 1 heterocycles. The molecule has 2 N–H and O–H groups in total. The van der Waals surface area contributed by atoms with Crippen LogP contribution in [0.2, 0.25) is 5.02 Å². The number of nitrogens with one attached hydrogen (secondary N) is 2. The molecule has 0 unspecified atom stereocenters. The number of H-pyrrole nitrogens is 1. The lowest BCUT2D eigenvalue weighted by Gasteiger charge is -2.17. The van der Waals surface area contributed by atoms with Gasteiger partial charge in [0.25, 0.3) is 5.91 Å². The van der Waals surface area contributed by atoms with Gasteiger partial charge in [0.2, 0.25) is 5.91 Å². The highest BCUT2D eigenvalue weighted by Crippen LogP contribution is 2.23. The lowest BCUT2D eigenvalue weighted by molar-refractivity contribution is -0.114. The van der Waals surface area contributed by atoms with Gasteiger partial charge in [-0.3, -0.25) is 14.7 Å². The van der Waals surface area contributed by atoms with Crippen LogP contribution in [0.15, 0.2) is 54.6 Å². The normalized spacial score (nSPS) is 10.5. The van der Waals surface area contributed by atoms with Crippen molar-refractivity contribution in [3.63, 3.8) is 0 Å². The number of hydrogen-bond donors (Lipinski definition) is 2. The number of anilines is 1. The van der Waals surface area contributed by atoms with Gasteiger partial charge < -0.3 is 10.2 Å². The summed E-state index contributed by atoms with van der Waals surface area (Å²) in [6, 6.07) is 16.5. The van der Waals surface area contributed by atoms with Gasteiger partial charge in [-0.2, -0.15) is 5.10 Å². The Balaban J connectivity index is 1.75. The minimum atomic E-state index is -0.247. The molecule has 0 aliphatic heterocycles. The number of carbonyl (C=O) groups excluding carboxylic acids is 2. The van der Waals surface area contributed by atoms with Crippen molar-refractivity contribution in [2.75, 3.05) is 12.4 Å². The molecule has 3 aromatic rings. The number of rotatable bonds is 5. The fourth-order valence-electron chi connectivity index (χ4n) is 2.70. The number of halogens is 1. The van der Waals surface area contributed by atoms with Crippen molar-refractivity contribution >= 4 is 29.1 Å². The third-order valence-corrected chi connectivity index (χ3v) is 4.30. The molecule has 2 amide bonds. The molecule has 0 spiro atoms. The lowest BCUT2D eigenvalue weighted by atomic mass is 10.1. The van der Waals surface area contributed by atoms with E-state index in [-0.39, 0.29) is 11.8 Å². The lowest BCUT2D eigenvalue weighted by Crippen LogP contribution is -2.26. The molecule has 0 aliphatic rings. The predicted molar refractivity (Wildman–Crippen MR) is 106 cm³/mol. The van der Waals surface area contributed by atoms with E-state index in [1.165, 1.54) is 6.92 Å². The van der Waals surface area contributed by atoms with Crippen LogP contribution in [0, 0.1) is 0 Å². The molecular weight excluding hydrogens is 364 g/mol. The average Bonchev–Trinajstić information content (AvgIpc) is 3.11. The van der Waals surface area contributed by atoms with Crippen molar-refractivity contribution in [3.8, 4) is 11.3 Å². The first kappa shape index (κ1) is 18.7. The number of nitrogens with zero attached hydrogens (tertiary/aromatic N) is 2. The summed E-state index contributed by atoms with van der Waals surface area (Å²) < 4.78 is 0. The number of hydrogen-bond acceptors (Lipinski definition) is 3. The van der Waals surface area contributed by atoms with Crippen molar-refractivity contribution in [1.82, 2.24) is 15.1 Å². The molecule has 0 saturated heterocycles. The van der Waals surface area contributed by atoms with Crippen molar-refractivity contribution < 1.29 is 9.59 Å². The first-order valence-corrected chi connectivity index (χ1v) is 8.74. The third-order valence-electron chi connectivity index (χ3n) is 3.97. The number of benzene rings is 2. The Labute approximate surface area is 162 Å². The predicted octanol–water partition coefficient (Wildman–Crippen LogP) is 3.96. The van der Waals surface area contributed by atoms with Crippen molar-refractivity contribution in [1.29, 1.82) is 0 Å². The minimum absolute atomic E-state index is 0.213. The topological polar surface area (TPSA) is 78.1 Å². The van der Waals surface area contributed by atoms with E-state index in [9.17, 15) is 9.59 Å². The van der Waals surface area contributed by atoms with Gasteiger partial charge >= 0.3 is 0 Å². The summed E-state index contributed by atoms with van der Waals surface area (Å²) >= 11 is 6.18. The quantitative estimate of drug-likeness (QED) is 0.701. The Morgan fingerprint density at radius 2 is 1.89 bits per heavy atom. The maximum Gasteiger partial charge on any atom is 0.255 e. The van der Waals surface area contributed by atoms with Crippen LogP contribution < -0.4 is 5.32 Å². The SMILES string of the molecule is CC(=O)Nc1ccc(Cl)c(C(=O)N(C)Cc2cc(-c3ccccc3)n[nH]2)c1. The number of amides is 2. The summed E-state index contributed by atoms with van der Waals surface area (Å²) in [4.78, 5) is 25.5. The monoisotopic (exact) mass is 382 g/mol. The van der Waals surface area contributed by atoms with E-state index in [2.05, 4.69) is 15.5 Å². The number of carbonyl (C=O) groups is 2. The van der Waals surface area contributed by atoms with Gasteiger partial charge in [-0.05, 0) is 24.3 Å². The second-order valence-electron chi connectivity index (χ2n) is 6.18. The van der Waals surface area contributed by atoms with Crippen molar-refractivity contribution in [2.45, 2.75) is 13.5 Å². The fraction of sp³-hybridized carbons (Fsp3) is 0.150. The summed E-state index contributed by atoms with van der Waals surface area (Å²) in [6.45, 7) is 1.75. The van der Waals surface area contributed by atoms with Crippen LogP contribution in [0.25, 0.3) is 11.3 Å². The second-order valence-corrected chi connectivity index (χ2v) is 6.59. The molecule has 1 aromatic heterocycles. The smallest absolute Gasteiger partial charge is 0.255 e. The molecule has 0 bridgehead atoms. The largest absolute Gasteiger partial charge is 0.336 e. The molecule has 2 aromatic carbocycles. The summed E-state index contributed by atoms with van der Waals surface area (Å²) in [7, 11) is 1.69. The zero-order valence-electron chi connectivity index (χ0n) is 15.0. The number of aromatic nitrogens is 2. The molecule has 0 radical (unpaired) electrons. The minimum Gasteiger partial charge on any atom is -0.336 e. The third kappa shape index (κ3) is 4.54. The molecule has 0 atom stereocenters. The Hall–Kier alpha value is -3.12. The van der Waals surface area contributed by atoms with Gasteiger partial charge in [-0.15, -0.1) is 0 Å². The van der Waals surface area contributed by atoms with Crippen LogP contribution in [0.5, 0.6) is 0 Å². The first-order chi connectivity index (χ1) is 12.9. The van der Waals surface area contributed by atoms with E-state index in [1.54, 1.807) is 30.1 Å². The standard InChI is InChI=1S/C20H19ClN4O2/c1-13(26)22-15-8-9-18(21)17(10-15)20(27)25(2)12-16-11-19(24-23-16)14-6-4-3-5-7-14/h3-11H,12H2,1-2H3,(H,22,26)(H,23,24). The highest BCUT2D eigenvalue weighted by atomic mass is 35.5. The molecule has 0 saturated carbocycles. The molecule has 3 rings (SSSR count). The van der Waals surface area contributed by atoms with E-state index in [0.717, 1.165) is 17.0 Å². The van der Waals surface area contributed by atoms with Gasteiger partial charge in [0.1, 0.15) is 0 Å². The van der Waals surface area contributed by atoms with Gasteiger partial charge in [-0.1, -0.05) is 41.9 Å². The molecule has 138 valence electrons. The van der Waals surface area contributed by atoms with Crippen LogP contribution in [-0.2, 0) is 11.3 Å². The molecule has 27 heavy (non-hydrogen) atoms. The molecule has 0 aliphatic carbocycles. The van der Waals surface area contributed by atoms with E-state index < -0.39 is 0 Å². The van der Waals surface area contributed by atoms with Crippen LogP contribution in [0.3, 0.4) is 0 Å². The average molecular weight is 383 g/mol. The maximum atomic E-state index is 12.8. The van der Waals surface area contributed by atoms with Gasteiger partial charge in [0.15, 0.2) is 0 Å². The summed E-state index contributed by atoms with van der Waals surface area (Å²) in [5.74, 6) is -0.460. The zero-order valence-corrected chi connectivity index (χ0v) is 15.7. The molecule has 0 fully saturated rings. The van der Waals surface area contributed by atoms with Crippen LogP contribution >= 0.6 is 11.6 Å². The summed E-state index contributed by atoms with van der Waals surface area (Å²) in [5.41, 5.74) is 3.47. The summed E-state index contributed by atoms with van der Waals surface area (Å²) in [6.07, 6.45) is 0. The van der Waals surface area contributed by atoms with Gasteiger partial charge in [0.05, 0.1) is 28.5 Å². The fourth-order valence-corrected chi connectivity index (χ4v) is 2.90. The van der Waals surface area contributed by atoms with Gasteiger partial charge in [-0.25, -0.2) is 0 Å². The second kappa shape index (κ2) is 8.05. The van der Waals surface area contributed by atoms with Gasteiger partial charge in [0, 0.05) is 25.2 Å². The van der Waals surface area contributed by atoms with E-state index >= 15 is 0 Å². The molecular formula is C20H19ClN4O2. The highest BCUT2D eigenvalue weighted by Gasteiger charge is 2.17. The van der Waals surface area contributed by atoms with Crippen LogP contribution in [0.4, 0.5) is 5.69 Å². The van der Waals surface area contributed by atoms with Crippen LogP contribution in [-0.4, -0.2) is 34.0 Å². The Morgan fingerprint density at radius 1 is 1.15 bits per heavy atom. The Bertz CT molecular complexity index is 969. The molecule has 6 nitrogen and oxygen atoms in total. The number of aromatic amines is 1. The van der Waals surface area contributed by atoms with Crippen LogP contribution in [0.1, 0.15) is 23.0 Å². The zero-order chi connectivity index (χ0) is 19.4. The van der Waals surface area contributed by atoms with Crippen molar-refractivity contribution in [2.24, 2.45) is 0 Å². The van der Waals surface area contributed by atoms with Crippen molar-refractivity contribution in [3.05, 3.63) is 70.9 Å². The highest BCUT2D eigenvalue weighted by molar-refractivity contribution is 6.34. The Morgan fingerprint density at radius 3 is 2.59 bits per heavy atom. The summed E-state index contributed by atoms with van der Waals surface area (Å²) in [5, 5.41) is 10.2. The van der Waals surface area contributed by atoms with E-state index in [0.29, 0.717) is 22.8 Å². The molecule has 7 heteroatoms. The first-order valence-electron chi connectivity index (χ1n) is 8.36. The van der Waals surface area contributed by atoms with E-state index in [1.807, 2.05) is 36.4 Å².